The summed E-state index contributed by atoms with van der Waals surface area (Å²) in [5.41, 5.74) is 12.9. The van der Waals surface area contributed by atoms with Crippen LogP contribution < -0.4 is 27.4 Å². The first kappa shape index (κ1) is 43.4. The fraction of sp³-hybridized carbons (Fsp3) is 0.538. The van der Waals surface area contributed by atoms with Crippen LogP contribution in [0.4, 0.5) is 0 Å². The molecular weight excluding hydrogens is 662 g/mol. The maximum atomic E-state index is 14.3. The third-order valence-electron chi connectivity index (χ3n) is 9.00. The molecule has 5 atom stereocenters. The second-order valence-corrected chi connectivity index (χ2v) is 14.2. The predicted molar refractivity (Wildman–Crippen MR) is 201 cm³/mol. The van der Waals surface area contributed by atoms with Gasteiger partial charge in [-0.25, -0.2) is 0 Å². The summed E-state index contributed by atoms with van der Waals surface area (Å²) in [7, 11) is 3.02. The van der Waals surface area contributed by atoms with E-state index in [0.717, 1.165) is 11.1 Å². The second kappa shape index (κ2) is 21.6. The number of carbonyl (C=O) groups excluding carboxylic acids is 6. The fourth-order valence-electron chi connectivity index (χ4n) is 6.00. The average Bonchev–Trinajstić information content (AvgIpc) is 3.10. The highest BCUT2D eigenvalue weighted by Gasteiger charge is 2.38. The molecular formula is C39H59N7O6. The molecule has 286 valence electrons. The van der Waals surface area contributed by atoms with E-state index in [-0.39, 0.29) is 24.7 Å². The minimum Gasteiger partial charge on any atom is -0.368 e. The Morgan fingerprint density at radius 1 is 0.673 bits per heavy atom. The molecule has 6 amide bonds. The molecule has 0 saturated heterocycles. The van der Waals surface area contributed by atoms with Crippen LogP contribution in [-0.4, -0.2) is 96.1 Å². The number of hydrogen-bond donors (Lipinski definition) is 5. The van der Waals surface area contributed by atoms with Gasteiger partial charge in [-0.05, 0) is 55.2 Å². The number of nitrogens with zero attached hydrogens (tertiary/aromatic N) is 2. The van der Waals surface area contributed by atoms with Crippen LogP contribution in [0.5, 0.6) is 0 Å². The SMILES string of the molecule is CC(=O)N[C@H](CCCCN)C(=O)N(C)[C@H](CC(C)C)C(=O)N[C@@H](C(=O)N(C)[C@H](Cc1ccccc1)C(=O)N[C@H](Cc1ccccc1)C(N)=O)C(C)C. The molecule has 0 unspecified atom stereocenters. The first-order valence-corrected chi connectivity index (χ1v) is 18.1. The molecule has 7 N–H and O–H groups in total. The fourth-order valence-corrected chi connectivity index (χ4v) is 6.00. The van der Waals surface area contributed by atoms with Gasteiger partial charge in [0.25, 0.3) is 0 Å². The number of carbonyl (C=O) groups is 6. The Balaban J connectivity index is 2.39. The number of likely N-dealkylation sites (N-methyl/N-ethyl adjacent to an activating group) is 2. The van der Waals surface area contributed by atoms with E-state index in [1.807, 2.05) is 74.5 Å². The van der Waals surface area contributed by atoms with Gasteiger partial charge in [0.2, 0.25) is 35.4 Å². The molecule has 0 bridgehead atoms. The van der Waals surface area contributed by atoms with E-state index in [2.05, 4.69) is 16.0 Å². The molecule has 13 nitrogen and oxygen atoms in total. The summed E-state index contributed by atoms with van der Waals surface area (Å²) in [4.78, 5) is 83.1. The van der Waals surface area contributed by atoms with Crippen molar-refractivity contribution in [1.82, 2.24) is 25.8 Å². The smallest absolute Gasteiger partial charge is 0.245 e. The molecule has 0 fully saturated rings. The molecule has 2 aromatic rings. The van der Waals surface area contributed by atoms with E-state index in [1.165, 1.54) is 30.8 Å². The number of primary amides is 1. The van der Waals surface area contributed by atoms with Crippen molar-refractivity contribution in [3.8, 4) is 0 Å². The minimum atomic E-state index is -1.06. The molecule has 0 saturated carbocycles. The van der Waals surface area contributed by atoms with E-state index in [1.54, 1.807) is 13.8 Å². The maximum Gasteiger partial charge on any atom is 0.245 e. The van der Waals surface area contributed by atoms with Crippen molar-refractivity contribution in [2.45, 2.75) is 103 Å². The van der Waals surface area contributed by atoms with E-state index < -0.39 is 65.7 Å². The van der Waals surface area contributed by atoms with Crippen molar-refractivity contribution in [3.05, 3.63) is 71.8 Å². The van der Waals surface area contributed by atoms with Gasteiger partial charge in [0, 0.05) is 33.9 Å². The molecule has 0 aliphatic rings. The second-order valence-electron chi connectivity index (χ2n) is 14.2. The van der Waals surface area contributed by atoms with Gasteiger partial charge in [-0.1, -0.05) is 88.4 Å². The van der Waals surface area contributed by atoms with E-state index in [9.17, 15) is 28.8 Å². The van der Waals surface area contributed by atoms with Crippen LogP contribution in [0.2, 0.25) is 0 Å². The third-order valence-corrected chi connectivity index (χ3v) is 9.00. The first-order chi connectivity index (χ1) is 24.6. The molecule has 0 heterocycles. The molecule has 2 aromatic carbocycles. The maximum absolute atomic E-state index is 14.3. The van der Waals surface area contributed by atoms with Crippen LogP contribution in [0, 0.1) is 11.8 Å². The Morgan fingerprint density at radius 2 is 1.19 bits per heavy atom. The Bertz CT molecular complexity index is 1470. The molecule has 0 aliphatic carbocycles. The molecule has 0 radical (unpaired) electrons. The van der Waals surface area contributed by atoms with Crippen molar-refractivity contribution in [3.63, 3.8) is 0 Å². The first-order valence-electron chi connectivity index (χ1n) is 18.1. The summed E-state index contributed by atoms with van der Waals surface area (Å²) in [5, 5.41) is 8.35. The summed E-state index contributed by atoms with van der Waals surface area (Å²) in [6.07, 6.45) is 2.25. The number of rotatable bonds is 21. The summed E-state index contributed by atoms with van der Waals surface area (Å²) in [6, 6.07) is 13.4. The van der Waals surface area contributed by atoms with Crippen LogP contribution in [0.25, 0.3) is 0 Å². The van der Waals surface area contributed by atoms with Gasteiger partial charge < -0.3 is 37.2 Å². The van der Waals surface area contributed by atoms with Gasteiger partial charge in [0.1, 0.15) is 30.2 Å². The zero-order chi connectivity index (χ0) is 39.0. The number of nitrogens with one attached hydrogen (secondary N) is 3. The lowest BCUT2D eigenvalue weighted by Crippen LogP contribution is -2.61. The zero-order valence-electron chi connectivity index (χ0n) is 31.8. The molecule has 2 rings (SSSR count). The summed E-state index contributed by atoms with van der Waals surface area (Å²) in [6.45, 7) is 9.19. The molecule has 13 heteroatoms. The highest BCUT2D eigenvalue weighted by Crippen LogP contribution is 2.18. The monoisotopic (exact) mass is 721 g/mol. The standard InChI is InChI=1S/C39H59N7O6/c1-25(2)22-32(45(6)38(51)30(42-27(5)47)20-14-15-21-40)37(50)44-34(26(3)4)39(52)46(7)33(24-29-18-12-9-13-19-29)36(49)43-31(35(41)48)23-28-16-10-8-11-17-28/h8-13,16-19,25-26,30-34H,14-15,20-24,40H2,1-7H3,(H2,41,48)(H,42,47)(H,43,49)(H,44,50)/t30-,31-,32-,33-,34-/m1/s1. The van der Waals surface area contributed by atoms with Crippen LogP contribution in [0.15, 0.2) is 60.7 Å². The third kappa shape index (κ3) is 13.7. The Labute approximate surface area is 308 Å². The quantitative estimate of drug-likeness (QED) is 0.121. The number of hydrogen-bond acceptors (Lipinski definition) is 7. The zero-order valence-corrected chi connectivity index (χ0v) is 31.8. The van der Waals surface area contributed by atoms with Gasteiger partial charge in [0.15, 0.2) is 0 Å². The van der Waals surface area contributed by atoms with Crippen molar-refractivity contribution in [2.75, 3.05) is 20.6 Å². The van der Waals surface area contributed by atoms with Crippen molar-refractivity contribution in [2.24, 2.45) is 23.3 Å². The van der Waals surface area contributed by atoms with Crippen molar-refractivity contribution >= 4 is 35.4 Å². The molecule has 52 heavy (non-hydrogen) atoms. The number of unbranched alkanes of at least 4 members (excludes halogenated alkanes) is 1. The van der Waals surface area contributed by atoms with Crippen LogP contribution >= 0.6 is 0 Å². The number of nitrogens with two attached hydrogens (primary N) is 2. The largest absolute Gasteiger partial charge is 0.368 e. The number of amides is 6. The highest BCUT2D eigenvalue weighted by atomic mass is 16.2. The lowest BCUT2D eigenvalue weighted by Gasteiger charge is -2.35. The van der Waals surface area contributed by atoms with Crippen molar-refractivity contribution in [1.29, 1.82) is 0 Å². The average molecular weight is 722 g/mol. The van der Waals surface area contributed by atoms with Crippen LogP contribution in [0.1, 0.15) is 71.4 Å². The topological polar surface area (TPSA) is 197 Å². The molecule has 0 aliphatic heterocycles. The van der Waals surface area contributed by atoms with Crippen molar-refractivity contribution < 1.29 is 28.8 Å². The lowest BCUT2D eigenvalue weighted by molar-refractivity contribution is -0.146. The van der Waals surface area contributed by atoms with E-state index in [4.69, 9.17) is 11.5 Å². The van der Waals surface area contributed by atoms with Gasteiger partial charge in [-0.2, -0.15) is 0 Å². The van der Waals surface area contributed by atoms with E-state index >= 15 is 0 Å². The molecule has 0 spiro atoms. The summed E-state index contributed by atoms with van der Waals surface area (Å²) in [5.74, 6) is -3.53. The van der Waals surface area contributed by atoms with Crippen LogP contribution in [-0.2, 0) is 41.6 Å². The van der Waals surface area contributed by atoms with E-state index in [0.29, 0.717) is 32.2 Å². The molecule has 0 aromatic heterocycles. The van der Waals surface area contributed by atoms with Gasteiger partial charge >= 0.3 is 0 Å². The van der Waals surface area contributed by atoms with Gasteiger partial charge in [-0.3, -0.25) is 28.8 Å². The lowest BCUT2D eigenvalue weighted by atomic mass is 9.97. The normalized spacial score (nSPS) is 14.0. The number of benzene rings is 2. The summed E-state index contributed by atoms with van der Waals surface area (Å²) < 4.78 is 0. The summed E-state index contributed by atoms with van der Waals surface area (Å²) >= 11 is 0. The Hall–Kier alpha value is -4.78. The highest BCUT2D eigenvalue weighted by molar-refractivity contribution is 5.96. The Kier molecular flexibility index (Phi) is 18.0. The minimum absolute atomic E-state index is 0.00590. The predicted octanol–water partition coefficient (Wildman–Crippen LogP) is 1.92. The Morgan fingerprint density at radius 3 is 1.67 bits per heavy atom. The van der Waals surface area contributed by atoms with Gasteiger partial charge in [-0.15, -0.1) is 0 Å². The van der Waals surface area contributed by atoms with Crippen LogP contribution in [0.3, 0.4) is 0 Å². The van der Waals surface area contributed by atoms with Gasteiger partial charge in [0.05, 0.1) is 0 Å².